The van der Waals surface area contributed by atoms with Gasteiger partial charge in [-0.2, -0.15) is 0 Å². The number of hydrogen-bond donors (Lipinski definition) is 1. The zero-order chi connectivity index (χ0) is 22.5. The van der Waals surface area contributed by atoms with Gasteiger partial charge < -0.3 is 14.8 Å². The summed E-state index contributed by atoms with van der Waals surface area (Å²) in [7, 11) is 1.29. The van der Waals surface area contributed by atoms with Gasteiger partial charge in [0.25, 0.3) is 11.6 Å². The van der Waals surface area contributed by atoms with E-state index in [1.807, 2.05) is 12.2 Å². The number of nitrogens with one attached hydrogen (secondary N) is 1. The molecular formula is C20H21N3O8. The van der Waals surface area contributed by atoms with E-state index >= 15 is 0 Å². The highest BCUT2D eigenvalue weighted by Crippen LogP contribution is 2.35. The van der Waals surface area contributed by atoms with Gasteiger partial charge in [-0.05, 0) is 18.9 Å². The van der Waals surface area contributed by atoms with Crippen molar-refractivity contribution >= 4 is 35.1 Å². The van der Waals surface area contributed by atoms with Crippen molar-refractivity contribution in [2.24, 2.45) is 11.8 Å². The summed E-state index contributed by atoms with van der Waals surface area (Å²) in [6, 6.07) is 3.65. The van der Waals surface area contributed by atoms with Gasteiger partial charge >= 0.3 is 5.97 Å². The minimum atomic E-state index is -0.737. The Morgan fingerprint density at radius 2 is 1.84 bits per heavy atom. The van der Waals surface area contributed by atoms with Crippen molar-refractivity contribution in [3.8, 4) is 5.75 Å². The number of nitrogens with zero attached hydrogens (tertiary/aromatic N) is 2. The number of nitro benzene ring substituents is 1. The van der Waals surface area contributed by atoms with Crippen LogP contribution < -0.4 is 10.1 Å². The fourth-order valence-corrected chi connectivity index (χ4v) is 3.59. The number of allylic oxidation sites excluding steroid dienone is 2. The molecule has 1 aromatic carbocycles. The van der Waals surface area contributed by atoms with Gasteiger partial charge in [-0.15, -0.1) is 0 Å². The van der Waals surface area contributed by atoms with Crippen LogP contribution in [-0.2, 0) is 23.9 Å². The van der Waals surface area contributed by atoms with E-state index in [2.05, 4.69) is 5.32 Å². The molecule has 1 heterocycles. The third-order valence-corrected chi connectivity index (χ3v) is 5.17. The van der Waals surface area contributed by atoms with E-state index in [9.17, 15) is 29.3 Å². The molecule has 11 nitrogen and oxygen atoms in total. The van der Waals surface area contributed by atoms with Crippen LogP contribution in [0.1, 0.15) is 19.3 Å². The number of methoxy groups -OCH3 is 1. The van der Waals surface area contributed by atoms with E-state index in [1.54, 1.807) is 0 Å². The summed E-state index contributed by atoms with van der Waals surface area (Å²) in [6.07, 6.45) is 4.56. The number of carbonyl (C=O) groups excluding carboxylic acids is 4. The summed E-state index contributed by atoms with van der Waals surface area (Å²) in [4.78, 5) is 60.0. The Bertz CT molecular complexity index is 932. The number of hydrogen-bond acceptors (Lipinski definition) is 8. The molecule has 2 aliphatic rings. The number of esters is 1. The Kier molecular flexibility index (Phi) is 6.63. The van der Waals surface area contributed by atoms with Crippen LogP contribution in [0.2, 0.25) is 0 Å². The summed E-state index contributed by atoms with van der Waals surface area (Å²) < 4.78 is 9.92. The van der Waals surface area contributed by atoms with Crippen molar-refractivity contribution in [2.75, 3.05) is 25.6 Å². The van der Waals surface area contributed by atoms with E-state index in [0.29, 0.717) is 12.8 Å². The number of rotatable bonds is 8. The minimum absolute atomic E-state index is 0.0795. The summed E-state index contributed by atoms with van der Waals surface area (Å²) in [5.41, 5.74) is -0.0264. The first-order valence-corrected chi connectivity index (χ1v) is 9.60. The van der Waals surface area contributed by atoms with Crippen molar-refractivity contribution in [1.82, 2.24) is 4.90 Å². The first-order chi connectivity index (χ1) is 14.8. The lowest BCUT2D eigenvalue weighted by Gasteiger charge is -2.14. The summed E-state index contributed by atoms with van der Waals surface area (Å²) in [5, 5.41) is 13.2. The van der Waals surface area contributed by atoms with Gasteiger partial charge in [0, 0.05) is 12.6 Å². The van der Waals surface area contributed by atoms with Crippen molar-refractivity contribution in [1.29, 1.82) is 0 Å². The molecule has 1 aromatic rings. The average molecular weight is 431 g/mol. The molecule has 0 radical (unpaired) electrons. The van der Waals surface area contributed by atoms with Gasteiger partial charge in [0.15, 0.2) is 6.61 Å². The predicted molar refractivity (Wildman–Crippen MR) is 106 cm³/mol. The van der Waals surface area contributed by atoms with Crippen LogP contribution in [0.4, 0.5) is 11.4 Å². The maximum Gasteiger partial charge on any atom is 0.308 e. The Balaban J connectivity index is 1.47. The monoisotopic (exact) mass is 431 g/mol. The fourth-order valence-electron chi connectivity index (χ4n) is 3.59. The lowest BCUT2D eigenvalue weighted by atomic mass is 9.85. The molecule has 1 N–H and O–H groups in total. The molecular weight excluding hydrogens is 410 g/mol. The van der Waals surface area contributed by atoms with Crippen LogP contribution in [0.5, 0.6) is 5.75 Å². The van der Waals surface area contributed by atoms with Crippen molar-refractivity contribution in [3.05, 3.63) is 40.5 Å². The molecule has 0 spiro atoms. The maximum absolute atomic E-state index is 12.4. The number of anilines is 1. The van der Waals surface area contributed by atoms with Crippen LogP contribution in [-0.4, -0.2) is 53.8 Å². The Labute approximate surface area is 177 Å². The Morgan fingerprint density at radius 3 is 2.42 bits per heavy atom. The molecule has 164 valence electrons. The number of fused-ring (bicyclic) bond motifs is 1. The lowest BCUT2D eigenvalue weighted by molar-refractivity contribution is -0.384. The van der Waals surface area contributed by atoms with Gasteiger partial charge in [0.2, 0.25) is 11.8 Å². The highest BCUT2D eigenvalue weighted by atomic mass is 16.6. The number of benzene rings is 1. The van der Waals surface area contributed by atoms with Crippen molar-refractivity contribution in [3.63, 3.8) is 0 Å². The molecule has 2 atom stereocenters. The second-order valence-electron chi connectivity index (χ2n) is 7.08. The third kappa shape index (κ3) is 4.87. The lowest BCUT2D eigenvalue weighted by Crippen LogP contribution is -2.33. The van der Waals surface area contributed by atoms with E-state index in [-0.39, 0.29) is 53.7 Å². The molecule has 0 saturated carbocycles. The van der Waals surface area contributed by atoms with E-state index < -0.39 is 23.4 Å². The highest BCUT2D eigenvalue weighted by molar-refractivity contribution is 6.05. The van der Waals surface area contributed by atoms with Gasteiger partial charge in [0.1, 0.15) is 5.75 Å². The van der Waals surface area contributed by atoms with Gasteiger partial charge in [-0.3, -0.25) is 34.2 Å². The fraction of sp³-hybridized carbons (Fsp3) is 0.400. The number of non-ortho nitro benzene ring substituents is 1. The smallest absolute Gasteiger partial charge is 0.308 e. The Hall–Kier alpha value is -3.76. The standard InChI is InChI=1S/C20H21N3O8/c1-30-16-10-12(23(28)29)6-7-15(16)21-17(24)11-31-18(25)8-9-22-19(26)13-4-2-3-5-14(13)20(22)27/h2-3,6-7,10,13-14H,4-5,8-9,11H2,1H3,(H,21,24)/t13-,14+. The van der Waals surface area contributed by atoms with E-state index in [4.69, 9.17) is 9.47 Å². The molecule has 3 rings (SSSR count). The highest BCUT2D eigenvalue weighted by Gasteiger charge is 2.46. The largest absolute Gasteiger partial charge is 0.494 e. The van der Waals surface area contributed by atoms with Gasteiger partial charge in [-0.25, -0.2) is 0 Å². The first kappa shape index (κ1) is 21.9. The number of ether oxygens (including phenoxy) is 2. The number of nitro groups is 1. The second-order valence-corrected chi connectivity index (χ2v) is 7.08. The number of likely N-dealkylation sites (tertiary alicyclic amines) is 1. The van der Waals surface area contributed by atoms with Crippen molar-refractivity contribution < 1.29 is 33.6 Å². The van der Waals surface area contributed by atoms with Gasteiger partial charge in [0.05, 0.1) is 42.0 Å². The zero-order valence-corrected chi connectivity index (χ0v) is 16.7. The number of imide groups is 1. The molecule has 0 unspecified atom stereocenters. The van der Waals surface area contributed by atoms with Gasteiger partial charge in [-0.1, -0.05) is 12.2 Å². The third-order valence-electron chi connectivity index (χ3n) is 5.17. The minimum Gasteiger partial charge on any atom is -0.494 e. The molecule has 0 aromatic heterocycles. The average Bonchev–Trinajstić information content (AvgIpc) is 3.01. The van der Waals surface area contributed by atoms with Crippen LogP contribution in [0.3, 0.4) is 0 Å². The summed E-state index contributed by atoms with van der Waals surface area (Å²) in [6.45, 7) is -0.697. The molecule has 11 heteroatoms. The molecule has 1 fully saturated rings. The molecule has 31 heavy (non-hydrogen) atoms. The van der Waals surface area contributed by atoms with E-state index in [0.717, 1.165) is 11.0 Å². The molecule has 1 saturated heterocycles. The molecule has 0 bridgehead atoms. The molecule has 3 amide bonds. The maximum atomic E-state index is 12.4. The Morgan fingerprint density at radius 1 is 1.19 bits per heavy atom. The summed E-state index contributed by atoms with van der Waals surface area (Å²) in [5.74, 6) is -2.63. The molecule has 1 aliphatic heterocycles. The first-order valence-electron chi connectivity index (χ1n) is 9.60. The zero-order valence-electron chi connectivity index (χ0n) is 16.7. The predicted octanol–water partition coefficient (Wildman–Crippen LogP) is 1.43. The van der Waals surface area contributed by atoms with Crippen LogP contribution in [0.15, 0.2) is 30.4 Å². The van der Waals surface area contributed by atoms with Crippen LogP contribution in [0, 0.1) is 22.0 Å². The number of carbonyl (C=O) groups is 4. The quantitative estimate of drug-likeness (QED) is 0.214. The number of amides is 3. The normalized spacial score (nSPS) is 19.7. The SMILES string of the molecule is COc1cc([N+](=O)[O-])ccc1NC(=O)COC(=O)CCN1C(=O)[C@H]2CC=CC[C@H]2C1=O. The van der Waals surface area contributed by atoms with Crippen LogP contribution in [0.25, 0.3) is 0 Å². The van der Waals surface area contributed by atoms with E-state index in [1.165, 1.54) is 19.2 Å². The van der Waals surface area contributed by atoms with Crippen LogP contribution >= 0.6 is 0 Å². The summed E-state index contributed by atoms with van der Waals surface area (Å²) >= 11 is 0. The molecule has 1 aliphatic carbocycles. The topological polar surface area (TPSA) is 145 Å². The van der Waals surface area contributed by atoms with Crippen molar-refractivity contribution in [2.45, 2.75) is 19.3 Å². The second kappa shape index (κ2) is 9.37.